The number of nitrogens with one attached hydrogen (secondary N) is 2. The van der Waals surface area contributed by atoms with E-state index in [4.69, 9.17) is 21.3 Å². The molecule has 1 aromatic heterocycles. The summed E-state index contributed by atoms with van der Waals surface area (Å²) in [5, 5.41) is 11.1. The van der Waals surface area contributed by atoms with Gasteiger partial charge in [0.25, 0.3) is 5.91 Å². The summed E-state index contributed by atoms with van der Waals surface area (Å²) in [6.07, 6.45) is 0. The van der Waals surface area contributed by atoms with E-state index in [9.17, 15) is 14.0 Å². The van der Waals surface area contributed by atoms with Gasteiger partial charge in [0, 0.05) is 5.56 Å². The van der Waals surface area contributed by atoms with Crippen molar-refractivity contribution in [3.05, 3.63) is 35.6 Å². The first-order valence-electron chi connectivity index (χ1n) is 6.55. The highest BCUT2D eigenvalue weighted by molar-refractivity contribution is 6.03. The van der Waals surface area contributed by atoms with Gasteiger partial charge in [-0.15, -0.1) is 0 Å². The normalized spacial score (nSPS) is 10.3. The Morgan fingerprint density at radius 1 is 1.30 bits per heavy atom. The summed E-state index contributed by atoms with van der Waals surface area (Å²) in [6.45, 7) is -0.211. The second-order valence-corrected chi connectivity index (χ2v) is 4.54. The van der Waals surface area contributed by atoms with Gasteiger partial charge in [0.05, 0.1) is 17.9 Å². The summed E-state index contributed by atoms with van der Waals surface area (Å²) in [7, 11) is 0. The SMILES string of the molecule is NC(=O)Nc1[nH]c(-c2cc(F)ccc2OCCO)cc1C(N)=O. The number of aliphatic hydroxyl groups excluding tert-OH is 1. The summed E-state index contributed by atoms with van der Waals surface area (Å²) < 4.78 is 18.9. The predicted octanol–water partition coefficient (Wildman–Crippen LogP) is 0.781. The quantitative estimate of drug-likeness (QED) is 0.535. The van der Waals surface area contributed by atoms with Crippen molar-refractivity contribution >= 4 is 17.8 Å². The van der Waals surface area contributed by atoms with Crippen molar-refractivity contribution in [2.45, 2.75) is 0 Å². The maximum atomic E-state index is 13.5. The third-order valence-electron chi connectivity index (χ3n) is 2.91. The van der Waals surface area contributed by atoms with E-state index in [-0.39, 0.29) is 36.0 Å². The molecule has 9 heteroatoms. The number of carbonyl (C=O) groups excluding carboxylic acids is 2. The molecule has 3 amide bonds. The Morgan fingerprint density at radius 3 is 2.65 bits per heavy atom. The third kappa shape index (κ3) is 3.77. The molecule has 122 valence electrons. The monoisotopic (exact) mass is 322 g/mol. The number of urea groups is 1. The van der Waals surface area contributed by atoms with Crippen molar-refractivity contribution in [2.75, 3.05) is 18.5 Å². The van der Waals surface area contributed by atoms with Crippen molar-refractivity contribution in [3.8, 4) is 17.0 Å². The van der Waals surface area contributed by atoms with Crippen LogP contribution in [0.1, 0.15) is 10.4 Å². The minimum Gasteiger partial charge on any atom is -0.490 e. The topological polar surface area (TPSA) is 143 Å². The zero-order chi connectivity index (χ0) is 17.0. The first kappa shape index (κ1) is 16.3. The number of aromatic amines is 1. The van der Waals surface area contributed by atoms with Crippen LogP contribution in [0, 0.1) is 5.82 Å². The number of benzene rings is 1. The van der Waals surface area contributed by atoms with Gasteiger partial charge < -0.3 is 26.3 Å². The molecule has 2 rings (SSSR count). The average Bonchev–Trinajstić information content (AvgIpc) is 2.89. The van der Waals surface area contributed by atoms with Crippen LogP contribution in [0.2, 0.25) is 0 Å². The van der Waals surface area contributed by atoms with E-state index >= 15 is 0 Å². The Kier molecular flexibility index (Phi) is 4.82. The fraction of sp³-hybridized carbons (Fsp3) is 0.143. The van der Waals surface area contributed by atoms with Crippen LogP contribution in [-0.4, -0.2) is 35.2 Å². The molecule has 23 heavy (non-hydrogen) atoms. The Morgan fingerprint density at radius 2 is 2.04 bits per heavy atom. The largest absolute Gasteiger partial charge is 0.490 e. The lowest BCUT2D eigenvalue weighted by molar-refractivity contribution is 0.100. The number of rotatable bonds is 6. The van der Waals surface area contributed by atoms with Gasteiger partial charge in [-0.2, -0.15) is 0 Å². The molecule has 2 aromatic rings. The molecule has 7 N–H and O–H groups in total. The van der Waals surface area contributed by atoms with Gasteiger partial charge >= 0.3 is 6.03 Å². The van der Waals surface area contributed by atoms with Gasteiger partial charge in [0.15, 0.2) is 0 Å². The smallest absolute Gasteiger partial charge is 0.317 e. The molecule has 0 radical (unpaired) electrons. The minimum atomic E-state index is -0.892. The first-order chi connectivity index (χ1) is 10.9. The Bertz CT molecular complexity index is 744. The summed E-state index contributed by atoms with van der Waals surface area (Å²) in [5.74, 6) is -1.05. The molecule has 1 aromatic carbocycles. The molecule has 0 unspecified atom stereocenters. The van der Waals surface area contributed by atoms with E-state index in [1.54, 1.807) is 0 Å². The lowest BCUT2D eigenvalue weighted by Gasteiger charge is -2.09. The molecular formula is C14H15FN4O4. The van der Waals surface area contributed by atoms with Crippen LogP contribution in [0.15, 0.2) is 24.3 Å². The van der Waals surface area contributed by atoms with E-state index < -0.39 is 17.8 Å². The molecule has 0 atom stereocenters. The number of aliphatic hydroxyl groups is 1. The number of primary amides is 2. The van der Waals surface area contributed by atoms with Crippen LogP contribution in [0.4, 0.5) is 15.0 Å². The average molecular weight is 322 g/mol. The molecule has 0 fully saturated rings. The molecule has 0 aliphatic rings. The zero-order valence-corrected chi connectivity index (χ0v) is 11.9. The van der Waals surface area contributed by atoms with Gasteiger partial charge in [-0.25, -0.2) is 9.18 Å². The number of hydrogen-bond donors (Lipinski definition) is 5. The molecule has 1 heterocycles. The molecular weight excluding hydrogens is 307 g/mol. The van der Waals surface area contributed by atoms with E-state index in [0.29, 0.717) is 5.56 Å². The number of hydrogen-bond acceptors (Lipinski definition) is 4. The molecule has 0 saturated heterocycles. The number of ether oxygens (including phenoxy) is 1. The number of aromatic nitrogens is 1. The second kappa shape index (κ2) is 6.79. The lowest BCUT2D eigenvalue weighted by atomic mass is 10.1. The zero-order valence-electron chi connectivity index (χ0n) is 11.9. The Hall–Kier alpha value is -3.07. The van der Waals surface area contributed by atoms with Crippen LogP contribution in [0.5, 0.6) is 5.75 Å². The minimum absolute atomic E-state index is 0.00244. The summed E-state index contributed by atoms with van der Waals surface area (Å²) in [6, 6.07) is 4.20. The highest BCUT2D eigenvalue weighted by Crippen LogP contribution is 2.33. The van der Waals surface area contributed by atoms with Gasteiger partial charge in [-0.3, -0.25) is 10.1 Å². The molecule has 0 aliphatic carbocycles. The highest BCUT2D eigenvalue weighted by atomic mass is 19.1. The van der Waals surface area contributed by atoms with Crippen molar-refractivity contribution in [3.63, 3.8) is 0 Å². The van der Waals surface area contributed by atoms with Crippen LogP contribution >= 0.6 is 0 Å². The molecule has 0 bridgehead atoms. The van der Waals surface area contributed by atoms with Gasteiger partial charge in [-0.05, 0) is 24.3 Å². The maximum absolute atomic E-state index is 13.5. The highest BCUT2D eigenvalue weighted by Gasteiger charge is 2.18. The van der Waals surface area contributed by atoms with Crippen molar-refractivity contribution < 1.29 is 23.8 Å². The predicted molar refractivity (Wildman–Crippen MR) is 80.5 cm³/mol. The van der Waals surface area contributed by atoms with Crippen molar-refractivity contribution in [1.29, 1.82) is 0 Å². The number of amides is 3. The summed E-state index contributed by atoms with van der Waals surface area (Å²) in [4.78, 5) is 25.2. The molecule has 0 spiro atoms. The third-order valence-corrected chi connectivity index (χ3v) is 2.91. The maximum Gasteiger partial charge on any atom is 0.317 e. The summed E-state index contributed by atoms with van der Waals surface area (Å²) >= 11 is 0. The van der Waals surface area contributed by atoms with Crippen LogP contribution < -0.4 is 21.5 Å². The van der Waals surface area contributed by atoms with Gasteiger partial charge in [0.1, 0.15) is 24.0 Å². The second-order valence-electron chi connectivity index (χ2n) is 4.54. The number of nitrogens with two attached hydrogens (primary N) is 2. The number of carbonyl (C=O) groups is 2. The van der Waals surface area contributed by atoms with Gasteiger partial charge in [-0.1, -0.05) is 0 Å². The lowest BCUT2D eigenvalue weighted by Crippen LogP contribution is -2.22. The Labute approximate surface area is 130 Å². The number of halogens is 1. The van der Waals surface area contributed by atoms with E-state index in [1.165, 1.54) is 24.3 Å². The van der Waals surface area contributed by atoms with E-state index in [1.807, 2.05) is 0 Å². The van der Waals surface area contributed by atoms with E-state index in [2.05, 4.69) is 10.3 Å². The summed E-state index contributed by atoms with van der Waals surface area (Å²) in [5.41, 5.74) is 10.8. The molecule has 0 saturated carbocycles. The van der Waals surface area contributed by atoms with E-state index in [0.717, 1.165) is 0 Å². The van der Waals surface area contributed by atoms with Crippen molar-refractivity contribution in [1.82, 2.24) is 4.98 Å². The van der Waals surface area contributed by atoms with Crippen molar-refractivity contribution in [2.24, 2.45) is 11.5 Å². The first-order valence-corrected chi connectivity index (χ1v) is 6.55. The fourth-order valence-corrected chi connectivity index (χ4v) is 2.01. The van der Waals surface area contributed by atoms with Crippen LogP contribution in [-0.2, 0) is 0 Å². The Balaban J connectivity index is 2.51. The van der Waals surface area contributed by atoms with Gasteiger partial charge in [0.2, 0.25) is 0 Å². The van der Waals surface area contributed by atoms with Crippen LogP contribution in [0.3, 0.4) is 0 Å². The number of H-pyrrole nitrogens is 1. The number of anilines is 1. The van der Waals surface area contributed by atoms with Crippen LogP contribution in [0.25, 0.3) is 11.3 Å². The standard InChI is InChI=1S/C14H15FN4O4/c15-7-1-2-11(23-4-3-20)8(5-7)10-6-9(12(16)21)13(18-10)19-14(17)22/h1-2,5-6,18,20H,3-4H2,(H2,16,21)(H3,17,19,22). The molecule has 8 nitrogen and oxygen atoms in total. The fourth-order valence-electron chi connectivity index (χ4n) is 2.01. The molecule has 0 aliphatic heterocycles.